The largest absolute Gasteiger partial charge is 0.309 e. The van der Waals surface area contributed by atoms with Gasteiger partial charge in [-0.1, -0.05) is 164 Å². The highest BCUT2D eigenvalue weighted by molar-refractivity contribution is 6.03. The first-order valence-electron chi connectivity index (χ1n) is 18.0. The molecule has 1 heteroatoms. The molecule has 51 heavy (non-hydrogen) atoms. The van der Waals surface area contributed by atoms with Crippen LogP contribution in [0.5, 0.6) is 0 Å². The first kappa shape index (κ1) is 29.7. The average Bonchev–Trinajstić information content (AvgIpc) is 3.62. The van der Waals surface area contributed by atoms with E-state index in [0.29, 0.717) is 0 Å². The molecule has 2 atom stereocenters. The van der Waals surface area contributed by atoms with E-state index in [1.54, 1.807) is 0 Å². The number of hydrogen-bond acceptors (Lipinski definition) is 1. The summed E-state index contributed by atoms with van der Waals surface area (Å²) in [7, 11) is 0. The number of hydrogen-bond donors (Lipinski definition) is 0. The third-order valence-electron chi connectivity index (χ3n) is 11.8. The molecule has 8 aromatic rings. The summed E-state index contributed by atoms with van der Waals surface area (Å²) in [6.45, 7) is 4.80. The lowest BCUT2D eigenvalue weighted by Crippen LogP contribution is -2.23. The molecule has 0 amide bonds. The van der Waals surface area contributed by atoms with Gasteiger partial charge in [0.05, 0.1) is 11.4 Å². The van der Waals surface area contributed by atoms with Crippen molar-refractivity contribution in [2.75, 3.05) is 4.90 Å². The Morgan fingerprint density at radius 2 is 0.882 bits per heavy atom. The van der Waals surface area contributed by atoms with Crippen LogP contribution < -0.4 is 4.90 Å². The Morgan fingerprint density at radius 1 is 0.373 bits per heavy atom. The highest BCUT2D eigenvalue weighted by Crippen LogP contribution is 2.58. The third-order valence-corrected chi connectivity index (χ3v) is 11.8. The molecule has 0 fully saturated rings. The van der Waals surface area contributed by atoms with Crippen LogP contribution in [0.3, 0.4) is 0 Å². The molecule has 0 heterocycles. The molecule has 0 aliphatic heterocycles. The van der Waals surface area contributed by atoms with E-state index in [0.717, 1.165) is 5.69 Å². The molecule has 2 aliphatic rings. The van der Waals surface area contributed by atoms with Gasteiger partial charge in [0.1, 0.15) is 0 Å². The summed E-state index contributed by atoms with van der Waals surface area (Å²) in [5.74, 6) is 0. The van der Waals surface area contributed by atoms with Gasteiger partial charge in [-0.2, -0.15) is 0 Å². The minimum absolute atomic E-state index is 0.293. The van der Waals surface area contributed by atoms with Gasteiger partial charge in [-0.05, 0) is 93.6 Å². The van der Waals surface area contributed by atoms with Crippen molar-refractivity contribution >= 4 is 27.8 Å². The molecule has 8 aromatic carbocycles. The molecule has 242 valence electrons. The summed E-state index contributed by atoms with van der Waals surface area (Å²) in [4.78, 5) is 2.53. The summed E-state index contributed by atoms with van der Waals surface area (Å²) in [6.07, 6.45) is 0. The maximum absolute atomic E-state index is 2.53. The number of rotatable bonds is 5. The van der Waals surface area contributed by atoms with Gasteiger partial charge in [0, 0.05) is 27.5 Å². The third kappa shape index (κ3) is 4.15. The predicted octanol–water partition coefficient (Wildman–Crippen LogP) is 13.0. The topological polar surface area (TPSA) is 3.24 Å². The van der Waals surface area contributed by atoms with Crippen molar-refractivity contribution in [1.29, 1.82) is 0 Å². The molecule has 0 saturated heterocycles. The van der Waals surface area contributed by atoms with Crippen LogP contribution in [0.15, 0.2) is 188 Å². The standard InChI is InChI=1S/C50H37N/c1-49(35-19-5-3-6-20-35)43-27-14-12-25-41(43)48-44(49)28-16-30-47(48)51(46-29-15-18-34-17-9-10-23-38(34)46)37-31-32-40-39-24-11-13-26-42(39)50(2,45(40)33-37)36-21-7-4-8-22-36/h3-33H,1-2H3. The zero-order valence-corrected chi connectivity index (χ0v) is 28.8. The van der Waals surface area contributed by atoms with Crippen LogP contribution in [0.25, 0.3) is 33.0 Å². The Morgan fingerprint density at radius 3 is 1.63 bits per heavy atom. The number of benzene rings is 8. The normalized spacial score (nSPS) is 18.2. The van der Waals surface area contributed by atoms with Gasteiger partial charge in [-0.15, -0.1) is 0 Å². The summed E-state index contributed by atoms with van der Waals surface area (Å²) >= 11 is 0. The van der Waals surface area contributed by atoms with Crippen LogP contribution in [0, 0.1) is 0 Å². The average molecular weight is 652 g/mol. The second kappa shape index (κ2) is 11.2. The summed E-state index contributed by atoms with van der Waals surface area (Å²) < 4.78 is 0. The zero-order valence-electron chi connectivity index (χ0n) is 28.8. The first-order chi connectivity index (χ1) is 25.1. The maximum atomic E-state index is 2.53. The number of fused-ring (bicyclic) bond motifs is 7. The summed E-state index contributed by atoms with van der Waals surface area (Å²) in [6, 6.07) is 69.6. The fourth-order valence-electron chi connectivity index (χ4n) is 9.30. The van der Waals surface area contributed by atoms with Crippen LogP contribution in [0.4, 0.5) is 17.1 Å². The maximum Gasteiger partial charge on any atom is 0.0543 e. The van der Waals surface area contributed by atoms with Crippen LogP contribution in [-0.4, -0.2) is 0 Å². The Balaban J connectivity index is 1.28. The summed E-state index contributed by atoms with van der Waals surface area (Å²) in [5.41, 5.74) is 16.1. The smallest absolute Gasteiger partial charge is 0.0543 e. The SMILES string of the molecule is CC1(c2ccccc2)c2ccccc2-c2ccc(N(c3cccc4c3-c3ccccc3C4(C)c3ccccc3)c3cccc4ccccc34)cc21. The quantitative estimate of drug-likeness (QED) is 0.179. The number of nitrogens with zero attached hydrogens (tertiary/aromatic N) is 1. The Hall–Kier alpha value is -6.18. The highest BCUT2D eigenvalue weighted by Gasteiger charge is 2.44. The van der Waals surface area contributed by atoms with E-state index in [2.05, 4.69) is 207 Å². The minimum atomic E-state index is -0.301. The van der Waals surface area contributed by atoms with E-state index in [1.807, 2.05) is 0 Å². The molecule has 0 bridgehead atoms. The van der Waals surface area contributed by atoms with Crippen molar-refractivity contribution in [1.82, 2.24) is 0 Å². The van der Waals surface area contributed by atoms with E-state index in [4.69, 9.17) is 0 Å². The van der Waals surface area contributed by atoms with E-state index in [9.17, 15) is 0 Å². The predicted molar refractivity (Wildman–Crippen MR) is 213 cm³/mol. The van der Waals surface area contributed by atoms with Crippen LogP contribution in [-0.2, 0) is 10.8 Å². The van der Waals surface area contributed by atoms with Crippen molar-refractivity contribution in [2.24, 2.45) is 0 Å². The lowest BCUT2D eigenvalue weighted by atomic mass is 9.74. The zero-order chi connectivity index (χ0) is 34.2. The van der Waals surface area contributed by atoms with Crippen molar-refractivity contribution in [3.05, 3.63) is 221 Å². The molecule has 0 N–H and O–H groups in total. The fourth-order valence-corrected chi connectivity index (χ4v) is 9.30. The molecule has 0 aromatic heterocycles. The minimum Gasteiger partial charge on any atom is -0.309 e. The van der Waals surface area contributed by atoms with Gasteiger partial charge in [0.25, 0.3) is 0 Å². The lowest BCUT2D eigenvalue weighted by molar-refractivity contribution is 0.713. The molecule has 0 saturated carbocycles. The number of anilines is 3. The van der Waals surface area contributed by atoms with Crippen molar-refractivity contribution < 1.29 is 0 Å². The Bertz CT molecular complexity index is 2610. The molecule has 0 radical (unpaired) electrons. The molecule has 0 spiro atoms. The molecule has 10 rings (SSSR count). The lowest BCUT2D eigenvalue weighted by Gasteiger charge is -2.33. The van der Waals surface area contributed by atoms with E-state index >= 15 is 0 Å². The molecule has 1 nitrogen and oxygen atoms in total. The van der Waals surface area contributed by atoms with Gasteiger partial charge >= 0.3 is 0 Å². The molecular formula is C50H37N. The van der Waals surface area contributed by atoms with Gasteiger partial charge in [-0.3, -0.25) is 0 Å². The van der Waals surface area contributed by atoms with E-state index < -0.39 is 0 Å². The van der Waals surface area contributed by atoms with Crippen LogP contribution >= 0.6 is 0 Å². The Kier molecular flexibility index (Phi) is 6.51. The van der Waals surface area contributed by atoms with Gasteiger partial charge in [-0.25, -0.2) is 0 Å². The van der Waals surface area contributed by atoms with Crippen molar-refractivity contribution in [3.8, 4) is 22.3 Å². The second-order valence-electron chi connectivity index (χ2n) is 14.3. The fraction of sp³-hybridized carbons (Fsp3) is 0.0800. The highest BCUT2D eigenvalue weighted by atomic mass is 15.1. The molecular weight excluding hydrogens is 615 g/mol. The Labute approximate surface area is 300 Å². The van der Waals surface area contributed by atoms with E-state index in [1.165, 1.54) is 77.8 Å². The van der Waals surface area contributed by atoms with Crippen LogP contribution in [0.1, 0.15) is 47.2 Å². The van der Waals surface area contributed by atoms with Gasteiger partial charge in [0.15, 0.2) is 0 Å². The monoisotopic (exact) mass is 651 g/mol. The van der Waals surface area contributed by atoms with Gasteiger partial charge in [0.2, 0.25) is 0 Å². The van der Waals surface area contributed by atoms with Crippen molar-refractivity contribution in [3.63, 3.8) is 0 Å². The molecule has 2 unspecified atom stereocenters. The first-order valence-corrected chi connectivity index (χ1v) is 18.0. The summed E-state index contributed by atoms with van der Waals surface area (Å²) in [5, 5.41) is 2.45. The van der Waals surface area contributed by atoms with E-state index in [-0.39, 0.29) is 10.8 Å². The molecule has 2 aliphatic carbocycles. The second-order valence-corrected chi connectivity index (χ2v) is 14.3. The van der Waals surface area contributed by atoms with Crippen molar-refractivity contribution in [2.45, 2.75) is 24.7 Å². The van der Waals surface area contributed by atoms with Crippen LogP contribution in [0.2, 0.25) is 0 Å². The van der Waals surface area contributed by atoms with Gasteiger partial charge < -0.3 is 4.90 Å².